The Morgan fingerprint density at radius 3 is 2.34 bits per heavy atom. The summed E-state index contributed by atoms with van der Waals surface area (Å²) in [5.41, 5.74) is -4.67. The summed E-state index contributed by atoms with van der Waals surface area (Å²) >= 11 is 4.47. The third-order valence-corrected chi connectivity index (χ3v) is 7.86. The van der Waals surface area contributed by atoms with Gasteiger partial charge in [-0.1, -0.05) is 12.2 Å². The highest BCUT2D eigenvalue weighted by Crippen LogP contribution is 2.66. The highest BCUT2D eigenvalue weighted by Gasteiger charge is 2.59. The molecular formula is C10H14F3N2O13P3S. The summed E-state index contributed by atoms with van der Waals surface area (Å²) in [7, 11) is -17.2. The lowest BCUT2D eigenvalue weighted by Gasteiger charge is -2.26. The second kappa shape index (κ2) is 9.46. The maximum Gasteiger partial charge on any atom is 0.490 e. The van der Waals surface area contributed by atoms with Crippen molar-refractivity contribution in [3.05, 3.63) is 27.1 Å². The minimum atomic E-state index is -5.86. The lowest BCUT2D eigenvalue weighted by Crippen LogP contribution is -2.47. The molecule has 1 aliphatic heterocycles. The van der Waals surface area contributed by atoms with Crippen LogP contribution in [0.25, 0.3) is 0 Å². The Morgan fingerprint density at radius 1 is 1.22 bits per heavy atom. The second-order valence-corrected chi connectivity index (χ2v) is 10.9. The van der Waals surface area contributed by atoms with Crippen LogP contribution in [0.5, 0.6) is 0 Å². The number of hydrogen-bond acceptors (Lipinski definition) is 10. The Kier molecular flexibility index (Phi) is 8.12. The van der Waals surface area contributed by atoms with Crippen LogP contribution in [0.1, 0.15) is 6.23 Å². The van der Waals surface area contributed by atoms with Crippen LogP contribution in [0.2, 0.25) is 0 Å². The number of ether oxygens (including phenoxy) is 1. The van der Waals surface area contributed by atoms with E-state index in [2.05, 4.69) is 25.4 Å². The van der Waals surface area contributed by atoms with Gasteiger partial charge in [0, 0.05) is 0 Å². The Bertz CT molecular complexity index is 1130. The maximum absolute atomic E-state index is 15.0. The number of hydrogen-bond donors (Lipinski definition) is 6. The fourth-order valence-corrected chi connectivity index (χ4v) is 5.66. The van der Waals surface area contributed by atoms with Crippen molar-refractivity contribution in [3.63, 3.8) is 0 Å². The standard InChI is InChI=1S/C10H14F3N2O13P3S/c11-3-10(13)6(16)5(26-8(10)15-1-4(12)7(32)14-9(15)17)2-25-30(21,22)28-31(23,24)27-29(18,19)20/h1,5-6,8,16H,2-3H2,(H,21,22)(H,23,24)(H,14,17,32)(H2,18,19,20)/t5-,6?,8-,10-/m1/s1. The fraction of sp³-hybridized carbons (Fsp3) is 0.600. The average Bonchev–Trinajstić information content (AvgIpc) is 2.85. The molecule has 1 fully saturated rings. The normalized spacial score (nSPS) is 30.1. The van der Waals surface area contributed by atoms with Crippen LogP contribution in [0.4, 0.5) is 13.2 Å². The highest BCUT2D eigenvalue weighted by molar-refractivity contribution is 7.71. The van der Waals surface area contributed by atoms with Crippen molar-refractivity contribution in [3.8, 4) is 0 Å². The molecule has 0 spiro atoms. The van der Waals surface area contributed by atoms with Crippen molar-refractivity contribution in [1.29, 1.82) is 0 Å². The number of halogens is 3. The number of nitrogens with one attached hydrogen (secondary N) is 1. The van der Waals surface area contributed by atoms with Gasteiger partial charge in [0.25, 0.3) is 0 Å². The van der Waals surface area contributed by atoms with E-state index in [0.717, 1.165) is 0 Å². The van der Waals surface area contributed by atoms with Crippen LogP contribution in [0.3, 0.4) is 0 Å². The van der Waals surface area contributed by atoms with E-state index in [9.17, 15) is 37.3 Å². The third-order valence-electron chi connectivity index (χ3n) is 3.76. The molecule has 15 nitrogen and oxygen atoms in total. The predicted octanol–water partition coefficient (Wildman–Crippen LogP) is 0.324. The highest BCUT2D eigenvalue weighted by atomic mass is 32.1. The van der Waals surface area contributed by atoms with Crippen LogP contribution < -0.4 is 5.69 Å². The number of aliphatic hydroxyl groups excluding tert-OH is 1. The number of aromatic amines is 1. The number of phosphoric ester groups is 1. The molecule has 0 aliphatic carbocycles. The van der Waals surface area contributed by atoms with Crippen LogP contribution in [0, 0.1) is 10.5 Å². The number of aliphatic hydroxyl groups is 1. The lowest BCUT2D eigenvalue weighted by atomic mass is 9.97. The molecular weight excluding hydrogens is 538 g/mol. The molecule has 0 amide bonds. The summed E-state index contributed by atoms with van der Waals surface area (Å²) in [5.74, 6) is -1.24. The molecule has 3 unspecified atom stereocenters. The molecule has 0 radical (unpaired) electrons. The number of aromatic nitrogens is 2. The van der Waals surface area contributed by atoms with Gasteiger partial charge in [-0.15, -0.1) is 0 Å². The number of phosphoric acid groups is 3. The van der Waals surface area contributed by atoms with Crippen LogP contribution in [0.15, 0.2) is 11.0 Å². The molecule has 1 aromatic rings. The van der Waals surface area contributed by atoms with E-state index in [4.69, 9.17) is 19.4 Å². The van der Waals surface area contributed by atoms with E-state index >= 15 is 4.39 Å². The minimum Gasteiger partial charge on any atom is -0.387 e. The SMILES string of the molecule is O=c1[nH]c(=S)c(F)cn1[C@@H]1O[C@H](COP(=O)(O)OP(=O)(O)OP(=O)(O)O)C(O)[C@]1(F)CF. The Labute approximate surface area is 179 Å². The molecule has 1 saturated heterocycles. The lowest BCUT2D eigenvalue weighted by molar-refractivity contribution is -0.0735. The Morgan fingerprint density at radius 2 is 1.81 bits per heavy atom. The first kappa shape index (κ1) is 27.5. The number of rotatable bonds is 9. The zero-order chi connectivity index (χ0) is 24.7. The van der Waals surface area contributed by atoms with E-state index in [1.807, 2.05) is 0 Å². The second-order valence-electron chi connectivity index (χ2n) is 6.06. The molecule has 2 heterocycles. The monoisotopic (exact) mass is 552 g/mol. The first-order valence-corrected chi connectivity index (χ1v) is 12.7. The van der Waals surface area contributed by atoms with Crippen molar-refractivity contribution in [2.75, 3.05) is 13.3 Å². The predicted molar refractivity (Wildman–Crippen MR) is 95.4 cm³/mol. The van der Waals surface area contributed by atoms with Gasteiger partial charge < -0.3 is 29.4 Å². The van der Waals surface area contributed by atoms with Crippen molar-refractivity contribution in [1.82, 2.24) is 9.55 Å². The van der Waals surface area contributed by atoms with Crippen molar-refractivity contribution >= 4 is 35.7 Å². The molecule has 1 aromatic heterocycles. The van der Waals surface area contributed by atoms with Crippen molar-refractivity contribution in [2.45, 2.75) is 24.1 Å². The molecule has 0 saturated carbocycles. The summed E-state index contributed by atoms with van der Waals surface area (Å²) in [6.07, 6.45) is -6.51. The first-order chi connectivity index (χ1) is 14.4. The fourth-order valence-electron chi connectivity index (χ4n) is 2.49. The zero-order valence-electron chi connectivity index (χ0n) is 15.1. The molecule has 0 bridgehead atoms. The number of nitrogens with zero attached hydrogens (tertiary/aromatic N) is 1. The summed E-state index contributed by atoms with van der Waals surface area (Å²) in [4.78, 5) is 49.1. The Hall–Kier alpha value is -0.780. The number of alkyl halides is 2. The van der Waals surface area contributed by atoms with Gasteiger partial charge in [0.1, 0.15) is 23.5 Å². The van der Waals surface area contributed by atoms with Crippen molar-refractivity contribution < 1.29 is 69.4 Å². The van der Waals surface area contributed by atoms with Crippen LogP contribution in [-0.4, -0.2) is 65.4 Å². The number of H-pyrrole nitrogens is 1. The smallest absolute Gasteiger partial charge is 0.387 e. The first-order valence-electron chi connectivity index (χ1n) is 7.78. The van der Waals surface area contributed by atoms with Crippen LogP contribution in [-0.2, 0) is 31.6 Å². The Balaban J connectivity index is 2.22. The third kappa shape index (κ3) is 6.42. The quantitative estimate of drug-likeness (QED) is 0.179. The largest absolute Gasteiger partial charge is 0.490 e. The zero-order valence-corrected chi connectivity index (χ0v) is 18.6. The van der Waals surface area contributed by atoms with E-state index in [-0.39, 0.29) is 4.57 Å². The molecule has 6 N–H and O–H groups in total. The minimum absolute atomic E-state index is 0.179. The summed E-state index contributed by atoms with van der Waals surface area (Å²) in [5, 5.41) is 10.0. The summed E-state index contributed by atoms with van der Waals surface area (Å²) < 4.78 is 91.2. The van der Waals surface area contributed by atoms with Gasteiger partial charge in [-0.3, -0.25) is 14.1 Å². The topological polar surface area (TPSA) is 227 Å². The molecule has 22 heteroatoms. The van der Waals surface area contributed by atoms with Gasteiger partial charge in [-0.2, -0.15) is 8.62 Å². The molecule has 184 valence electrons. The average molecular weight is 552 g/mol. The van der Waals surface area contributed by atoms with Gasteiger partial charge in [0.05, 0.1) is 12.8 Å². The van der Waals surface area contributed by atoms with Gasteiger partial charge in [0.2, 0.25) is 5.67 Å². The van der Waals surface area contributed by atoms with Crippen molar-refractivity contribution in [2.24, 2.45) is 0 Å². The molecule has 32 heavy (non-hydrogen) atoms. The van der Waals surface area contributed by atoms with E-state index in [1.54, 1.807) is 4.98 Å². The molecule has 1 aliphatic rings. The van der Waals surface area contributed by atoms with Gasteiger partial charge >= 0.3 is 29.2 Å². The molecule has 0 aromatic carbocycles. The summed E-state index contributed by atoms with van der Waals surface area (Å²) in [6, 6.07) is 0. The molecule has 6 atom stereocenters. The van der Waals surface area contributed by atoms with E-state index in [1.165, 1.54) is 0 Å². The van der Waals surface area contributed by atoms with Crippen LogP contribution >= 0.6 is 35.7 Å². The van der Waals surface area contributed by atoms with Gasteiger partial charge in [-0.25, -0.2) is 31.7 Å². The van der Waals surface area contributed by atoms with Gasteiger partial charge in [-0.05, 0) is 0 Å². The summed E-state index contributed by atoms with van der Waals surface area (Å²) in [6.45, 7) is -3.35. The van der Waals surface area contributed by atoms with Gasteiger partial charge in [0.15, 0.2) is 12.0 Å². The van der Waals surface area contributed by atoms with E-state index in [0.29, 0.717) is 6.20 Å². The maximum atomic E-state index is 15.0. The molecule has 2 rings (SSSR count). The van der Waals surface area contributed by atoms with E-state index < -0.39 is 77.0 Å².